The predicted octanol–water partition coefficient (Wildman–Crippen LogP) is 6.27. The summed E-state index contributed by atoms with van der Waals surface area (Å²) in [5.74, 6) is 0.908. The molecule has 0 amide bonds. The Hall–Kier alpha value is -2.84. The molecule has 0 radical (unpaired) electrons. The van der Waals surface area contributed by atoms with E-state index in [1.807, 2.05) is 13.8 Å². The van der Waals surface area contributed by atoms with Gasteiger partial charge in [-0.05, 0) is 87.6 Å². The van der Waals surface area contributed by atoms with Crippen molar-refractivity contribution in [1.82, 2.24) is 15.0 Å². The van der Waals surface area contributed by atoms with Crippen molar-refractivity contribution in [1.29, 1.82) is 0 Å². The van der Waals surface area contributed by atoms with Crippen LogP contribution in [-0.2, 0) is 35.2 Å². The van der Waals surface area contributed by atoms with E-state index in [9.17, 15) is 4.79 Å². The maximum atomic E-state index is 12.4. The predicted molar refractivity (Wildman–Crippen MR) is 147 cm³/mol. The largest absolute Gasteiger partial charge is 0.466 e. The van der Waals surface area contributed by atoms with Gasteiger partial charge >= 0.3 is 5.97 Å². The van der Waals surface area contributed by atoms with Gasteiger partial charge in [-0.3, -0.25) is 4.79 Å². The van der Waals surface area contributed by atoms with E-state index in [0.717, 1.165) is 70.5 Å². The van der Waals surface area contributed by atoms with Gasteiger partial charge in [-0.25, -0.2) is 15.0 Å². The molecule has 1 aliphatic rings. The molecule has 0 saturated heterocycles. The van der Waals surface area contributed by atoms with E-state index in [4.69, 9.17) is 14.7 Å². The molecule has 0 fully saturated rings. The topological polar surface area (TPSA) is 77.0 Å². The first-order valence-electron chi connectivity index (χ1n) is 12.8. The number of aromatic nitrogens is 3. The number of nitrogens with zero attached hydrogens (tertiary/aromatic N) is 3. The molecule has 36 heavy (non-hydrogen) atoms. The average molecular weight is 521 g/mol. The van der Waals surface area contributed by atoms with E-state index in [2.05, 4.69) is 46.0 Å². The number of carbonyl (C=O) groups excluding carboxylic acids is 1. The molecule has 1 aromatic carbocycles. The number of ether oxygens (including phenoxy) is 1. The molecule has 8 heteroatoms. The van der Waals surface area contributed by atoms with Gasteiger partial charge in [-0.2, -0.15) is 0 Å². The van der Waals surface area contributed by atoms with Crippen LogP contribution in [0.1, 0.15) is 64.6 Å². The number of benzene rings is 1. The Kier molecular flexibility index (Phi) is 7.92. The molecule has 0 saturated carbocycles. The van der Waals surface area contributed by atoms with Crippen molar-refractivity contribution >= 4 is 44.7 Å². The fourth-order valence-corrected chi connectivity index (χ4v) is 6.44. The summed E-state index contributed by atoms with van der Waals surface area (Å²) in [5, 5.41) is 7.75. The van der Waals surface area contributed by atoms with Gasteiger partial charge in [0.05, 0.1) is 39.0 Å². The minimum Gasteiger partial charge on any atom is -0.466 e. The molecule has 1 N–H and O–H groups in total. The second-order valence-electron chi connectivity index (χ2n) is 9.30. The Morgan fingerprint density at radius 1 is 1.14 bits per heavy atom. The van der Waals surface area contributed by atoms with Gasteiger partial charge in [0.25, 0.3) is 0 Å². The number of nitrogens with one attached hydrogen (secondary N) is 1. The maximum Gasteiger partial charge on any atom is 0.306 e. The second kappa shape index (κ2) is 11.5. The second-order valence-corrected chi connectivity index (χ2v) is 11.5. The smallest absolute Gasteiger partial charge is 0.306 e. The summed E-state index contributed by atoms with van der Waals surface area (Å²) in [4.78, 5) is 26.8. The van der Waals surface area contributed by atoms with E-state index in [1.165, 1.54) is 16.7 Å². The van der Waals surface area contributed by atoms with Crippen LogP contribution in [0.4, 0.5) is 5.82 Å². The van der Waals surface area contributed by atoms with E-state index < -0.39 is 0 Å². The highest BCUT2D eigenvalue weighted by molar-refractivity contribution is 7.18. The third-order valence-corrected chi connectivity index (χ3v) is 8.45. The van der Waals surface area contributed by atoms with E-state index >= 15 is 0 Å². The number of pyridine rings is 1. The molecule has 1 unspecified atom stereocenters. The van der Waals surface area contributed by atoms with Crippen LogP contribution in [0, 0.1) is 6.92 Å². The summed E-state index contributed by atoms with van der Waals surface area (Å²) < 4.78 is 6.45. The summed E-state index contributed by atoms with van der Waals surface area (Å²) >= 11 is 3.40. The van der Waals surface area contributed by atoms with E-state index in [0.29, 0.717) is 19.4 Å². The third-order valence-electron chi connectivity index (χ3n) is 6.54. The molecule has 5 rings (SSSR count). The standard InChI is InChI=1S/C28H32N4O2S2/c1-3-34-27(33)16-21(20-10-12-25-24(15-20)30-18(2)36-25)14-23-17-35-26(31-23)8-4-7-22-11-9-19-6-5-13-29-28(19)32-22/h9-12,15,17,21H,3-8,13-14,16H2,1-2H3,(H,29,32). The molecule has 188 valence electrons. The van der Waals surface area contributed by atoms with E-state index in [1.54, 1.807) is 22.7 Å². The Morgan fingerprint density at radius 3 is 2.94 bits per heavy atom. The molecule has 0 bridgehead atoms. The Bertz CT molecular complexity index is 1350. The zero-order valence-electron chi connectivity index (χ0n) is 20.9. The highest BCUT2D eigenvalue weighted by Crippen LogP contribution is 2.30. The van der Waals surface area contributed by atoms with Crippen molar-refractivity contribution in [2.45, 2.75) is 64.7 Å². The van der Waals surface area contributed by atoms with Crippen molar-refractivity contribution in [2.24, 2.45) is 0 Å². The zero-order chi connectivity index (χ0) is 24.9. The summed E-state index contributed by atoms with van der Waals surface area (Å²) in [6, 6.07) is 10.7. The van der Waals surface area contributed by atoms with Gasteiger partial charge in [-0.1, -0.05) is 12.1 Å². The van der Waals surface area contributed by atoms with Crippen molar-refractivity contribution in [3.63, 3.8) is 0 Å². The summed E-state index contributed by atoms with van der Waals surface area (Å²) in [6.07, 6.45) is 6.25. The summed E-state index contributed by atoms with van der Waals surface area (Å²) in [7, 11) is 0. The lowest BCUT2D eigenvalue weighted by atomic mass is 9.91. The molecule has 0 spiro atoms. The van der Waals surface area contributed by atoms with Crippen LogP contribution in [0.2, 0.25) is 0 Å². The number of aryl methyl sites for hydroxylation is 4. The molecule has 1 atom stereocenters. The molecular weight excluding hydrogens is 488 g/mol. The molecule has 6 nitrogen and oxygen atoms in total. The van der Waals surface area contributed by atoms with Crippen LogP contribution in [0.3, 0.4) is 0 Å². The minimum atomic E-state index is -0.167. The Morgan fingerprint density at radius 2 is 2.06 bits per heavy atom. The molecular formula is C28H32N4O2S2. The number of hydrogen-bond acceptors (Lipinski definition) is 8. The molecule has 1 aliphatic heterocycles. The van der Waals surface area contributed by atoms with Crippen molar-refractivity contribution in [3.05, 3.63) is 68.2 Å². The van der Waals surface area contributed by atoms with Gasteiger partial charge in [0.15, 0.2) is 0 Å². The van der Waals surface area contributed by atoms with Crippen molar-refractivity contribution < 1.29 is 9.53 Å². The summed E-state index contributed by atoms with van der Waals surface area (Å²) in [5.41, 5.74) is 5.62. The number of hydrogen-bond donors (Lipinski definition) is 1. The van der Waals surface area contributed by atoms with E-state index in [-0.39, 0.29) is 11.9 Å². The minimum absolute atomic E-state index is 0.0117. The van der Waals surface area contributed by atoms with Crippen molar-refractivity contribution in [3.8, 4) is 0 Å². The summed E-state index contributed by atoms with van der Waals surface area (Å²) in [6.45, 7) is 5.28. The first-order valence-corrected chi connectivity index (χ1v) is 14.5. The maximum absolute atomic E-state index is 12.4. The number of thiazole rings is 2. The highest BCUT2D eigenvalue weighted by Gasteiger charge is 2.20. The number of esters is 1. The van der Waals surface area contributed by atoms with Crippen molar-refractivity contribution in [2.75, 3.05) is 18.5 Å². The van der Waals surface area contributed by atoms with Crippen LogP contribution in [0.25, 0.3) is 10.2 Å². The quantitative estimate of drug-likeness (QED) is 0.248. The number of anilines is 1. The lowest BCUT2D eigenvalue weighted by molar-refractivity contribution is -0.143. The fourth-order valence-electron chi connectivity index (χ4n) is 4.78. The molecule has 3 aromatic heterocycles. The van der Waals surface area contributed by atoms with Crippen LogP contribution >= 0.6 is 22.7 Å². The van der Waals surface area contributed by atoms with Gasteiger partial charge in [-0.15, -0.1) is 22.7 Å². The highest BCUT2D eigenvalue weighted by atomic mass is 32.1. The number of fused-ring (bicyclic) bond motifs is 2. The monoisotopic (exact) mass is 520 g/mol. The van der Waals surface area contributed by atoms with Gasteiger partial charge in [0, 0.05) is 17.6 Å². The Labute approximate surface area is 220 Å². The Balaban J connectivity index is 1.23. The lowest BCUT2D eigenvalue weighted by Gasteiger charge is -2.17. The third kappa shape index (κ3) is 6.10. The van der Waals surface area contributed by atoms with Crippen LogP contribution in [-0.4, -0.2) is 34.1 Å². The molecule has 4 heterocycles. The van der Waals surface area contributed by atoms with Gasteiger partial charge in [0.1, 0.15) is 5.82 Å². The van der Waals surface area contributed by atoms with Crippen LogP contribution < -0.4 is 5.32 Å². The first kappa shape index (κ1) is 24.8. The number of carbonyl (C=O) groups is 1. The molecule has 4 aromatic rings. The SMILES string of the molecule is CCOC(=O)CC(Cc1csc(CCCc2ccc3c(n2)NCCC3)n1)c1ccc2sc(C)nc2c1. The first-order chi connectivity index (χ1) is 17.6. The number of rotatable bonds is 10. The molecule has 0 aliphatic carbocycles. The zero-order valence-corrected chi connectivity index (χ0v) is 22.5. The van der Waals surface area contributed by atoms with Gasteiger partial charge in [0.2, 0.25) is 0 Å². The lowest BCUT2D eigenvalue weighted by Crippen LogP contribution is -2.14. The average Bonchev–Trinajstić information content (AvgIpc) is 3.48. The van der Waals surface area contributed by atoms with Crippen LogP contribution in [0.15, 0.2) is 35.7 Å². The van der Waals surface area contributed by atoms with Gasteiger partial charge < -0.3 is 10.1 Å². The fraction of sp³-hybridized carbons (Fsp3) is 0.429. The van der Waals surface area contributed by atoms with Crippen LogP contribution in [0.5, 0.6) is 0 Å². The normalized spacial score (nSPS) is 13.8.